The molecule has 0 unspecified atom stereocenters. The van der Waals surface area contributed by atoms with Crippen molar-refractivity contribution in [2.24, 2.45) is 11.8 Å². The number of aliphatic hydroxyl groups excluding tert-OH is 3. The third-order valence-corrected chi connectivity index (χ3v) is 6.06. The molecule has 1 aliphatic heterocycles. The highest BCUT2D eigenvalue weighted by Crippen LogP contribution is 2.33. The number of anilines is 2. The summed E-state index contributed by atoms with van der Waals surface area (Å²) in [5, 5.41) is 33.1. The Labute approximate surface area is 169 Å². The molecule has 2 aromatic rings. The van der Waals surface area contributed by atoms with Crippen LogP contribution in [0.5, 0.6) is 0 Å². The van der Waals surface area contributed by atoms with Crippen molar-refractivity contribution >= 4 is 22.7 Å². The van der Waals surface area contributed by atoms with Gasteiger partial charge in [0.2, 0.25) is 0 Å². The van der Waals surface area contributed by atoms with Gasteiger partial charge in [-0.3, -0.25) is 10.4 Å². The van der Waals surface area contributed by atoms with Crippen molar-refractivity contribution in [1.29, 1.82) is 0 Å². The van der Waals surface area contributed by atoms with Crippen LogP contribution in [0.1, 0.15) is 44.8 Å². The van der Waals surface area contributed by atoms with Crippen molar-refractivity contribution in [3.63, 3.8) is 0 Å². The monoisotopic (exact) mass is 406 g/mol. The maximum absolute atomic E-state index is 10.4. The molecular weight excluding hydrogens is 376 g/mol. The number of aliphatic hydroxyl groups is 3. The lowest BCUT2D eigenvalue weighted by molar-refractivity contribution is -0.0511. The first-order valence-electron chi connectivity index (χ1n) is 10.3. The van der Waals surface area contributed by atoms with Crippen molar-refractivity contribution in [3.8, 4) is 0 Å². The number of hydrogen-bond acceptors (Lipinski definition) is 9. The fourth-order valence-electron chi connectivity index (χ4n) is 4.38. The summed E-state index contributed by atoms with van der Waals surface area (Å²) in [4.78, 5) is 8.97. The standard InChI is InChI=1S/C19H30N6O4/c20-24-12-8-14(21-7-6-11-4-2-1-3-5-11)23-18-15(12)22-10-25(18)19-17(28)16(27)13(9-26)29-19/h8,10-11,13,16-17,19,26-28H,1-7,9,20H2,(H2,21,23,24)/t13-,16-,17-,19-/m1/s1. The van der Waals surface area contributed by atoms with Gasteiger partial charge < -0.3 is 30.8 Å². The lowest BCUT2D eigenvalue weighted by Crippen LogP contribution is -2.33. The molecule has 1 saturated heterocycles. The second-order valence-electron chi connectivity index (χ2n) is 7.97. The van der Waals surface area contributed by atoms with E-state index >= 15 is 0 Å². The molecule has 0 bridgehead atoms. The molecule has 0 amide bonds. The largest absolute Gasteiger partial charge is 0.394 e. The summed E-state index contributed by atoms with van der Waals surface area (Å²) >= 11 is 0. The zero-order chi connectivity index (χ0) is 20.4. The van der Waals surface area contributed by atoms with Gasteiger partial charge in [0.05, 0.1) is 18.6 Å². The Morgan fingerprint density at radius 1 is 1.21 bits per heavy atom. The summed E-state index contributed by atoms with van der Waals surface area (Å²) in [6.45, 7) is 0.424. The Morgan fingerprint density at radius 3 is 2.69 bits per heavy atom. The van der Waals surface area contributed by atoms with E-state index in [9.17, 15) is 15.3 Å². The van der Waals surface area contributed by atoms with Crippen molar-refractivity contribution in [2.45, 2.75) is 63.1 Å². The van der Waals surface area contributed by atoms with Gasteiger partial charge in [-0.15, -0.1) is 0 Å². The molecule has 0 aromatic carbocycles. The normalized spacial score (nSPS) is 28.1. The van der Waals surface area contributed by atoms with Gasteiger partial charge in [0.1, 0.15) is 29.6 Å². The van der Waals surface area contributed by atoms with E-state index in [0.29, 0.717) is 22.7 Å². The number of ether oxygens (including phenoxy) is 1. The van der Waals surface area contributed by atoms with Crippen LogP contribution >= 0.6 is 0 Å². The minimum atomic E-state index is -1.21. The summed E-state index contributed by atoms with van der Waals surface area (Å²) in [5.74, 6) is 7.09. The van der Waals surface area contributed by atoms with Crippen molar-refractivity contribution < 1.29 is 20.1 Å². The lowest BCUT2D eigenvalue weighted by Gasteiger charge is -2.21. The number of hydrogen-bond donors (Lipinski definition) is 6. The maximum Gasteiger partial charge on any atom is 0.166 e. The SMILES string of the molecule is NNc1cc(NCCC2CCCCC2)nc2c1ncn2[C@@H]1O[C@H](CO)[C@@H](O)[C@H]1O. The van der Waals surface area contributed by atoms with Crippen molar-refractivity contribution in [2.75, 3.05) is 23.9 Å². The molecule has 4 atom stereocenters. The van der Waals surface area contributed by atoms with Crippen LogP contribution in [0.3, 0.4) is 0 Å². The molecule has 7 N–H and O–H groups in total. The molecule has 2 aliphatic rings. The Morgan fingerprint density at radius 2 is 2.00 bits per heavy atom. The predicted octanol–water partition coefficient (Wildman–Crippen LogP) is 0.711. The number of pyridine rings is 1. The van der Waals surface area contributed by atoms with E-state index in [1.807, 2.05) is 0 Å². The van der Waals surface area contributed by atoms with Crippen LogP contribution in [-0.2, 0) is 4.74 Å². The van der Waals surface area contributed by atoms with E-state index in [1.165, 1.54) is 38.4 Å². The van der Waals surface area contributed by atoms with Crippen LogP contribution in [0.4, 0.5) is 11.5 Å². The van der Waals surface area contributed by atoms with Gasteiger partial charge >= 0.3 is 0 Å². The number of rotatable bonds is 7. The molecule has 0 spiro atoms. The van der Waals surface area contributed by atoms with Gasteiger partial charge in [-0.25, -0.2) is 9.97 Å². The molecule has 1 saturated carbocycles. The van der Waals surface area contributed by atoms with Crippen LogP contribution < -0.4 is 16.6 Å². The molecule has 160 valence electrons. The van der Waals surface area contributed by atoms with Crippen LogP contribution in [0, 0.1) is 5.92 Å². The minimum Gasteiger partial charge on any atom is -0.394 e. The van der Waals surface area contributed by atoms with Crippen LogP contribution in [-0.4, -0.2) is 61.3 Å². The van der Waals surface area contributed by atoms with Crippen LogP contribution in [0.25, 0.3) is 11.2 Å². The van der Waals surface area contributed by atoms with Crippen LogP contribution in [0.15, 0.2) is 12.4 Å². The number of aromatic nitrogens is 3. The Bertz CT molecular complexity index is 824. The molecule has 1 aliphatic carbocycles. The highest BCUT2D eigenvalue weighted by molar-refractivity contribution is 5.87. The highest BCUT2D eigenvalue weighted by Gasteiger charge is 2.44. The van der Waals surface area contributed by atoms with Crippen molar-refractivity contribution in [3.05, 3.63) is 12.4 Å². The first-order valence-corrected chi connectivity index (χ1v) is 10.3. The fraction of sp³-hybridized carbons (Fsp3) is 0.684. The molecule has 29 heavy (non-hydrogen) atoms. The van der Waals surface area contributed by atoms with Gasteiger partial charge in [0.25, 0.3) is 0 Å². The number of hydrazine groups is 1. The second-order valence-corrected chi connectivity index (χ2v) is 7.97. The van der Waals surface area contributed by atoms with Gasteiger partial charge in [-0.05, 0) is 12.3 Å². The third-order valence-electron chi connectivity index (χ3n) is 6.06. The lowest BCUT2D eigenvalue weighted by atomic mass is 9.87. The molecule has 0 radical (unpaired) electrons. The summed E-state index contributed by atoms with van der Waals surface area (Å²) in [6.07, 6.45) is 5.00. The fourth-order valence-corrected chi connectivity index (χ4v) is 4.38. The summed E-state index contributed by atoms with van der Waals surface area (Å²) in [6, 6.07) is 1.80. The van der Waals surface area contributed by atoms with E-state index < -0.39 is 31.1 Å². The molecule has 10 nitrogen and oxygen atoms in total. The summed E-state index contributed by atoms with van der Waals surface area (Å²) in [5.41, 5.74) is 4.24. The smallest absolute Gasteiger partial charge is 0.166 e. The van der Waals surface area contributed by atoms with E-state index in [2.05, 4.69) is 20.7 Å². The Balaban J connectivity index is 1.55. The molecule has 2 fully saturated rings. The van der Waals surface area contributed by atoms with E-state index in [-0.39, 0.29) is 0 Å². The average molecular weight is 406 g/mol. The highest BCUT2D eigenvalue weighted by atomic mass is 16.6. The van der Waals surface area contributed by atoms with Gasteiger partial charge in [-0.2, -0.15) is 0 Å². The number of nitrogens with one attached hydrogen (secondary N) is 2. The van der Waals surface area contributed by atoms with Gasteiger partial charge in [-0.1, -0.05) is 32.1 Å². The molecule has 3 heterocycles. The quantitative estimate of drug-likeness (QED) is 0.288. The average Bonchev–Trinajstić information content (AvgIpc) is 3.29. The molecular formula is C19H30N6O4. The molecule has 4 rings (SSSR count). The zero-order valence-electron chi connectivity index (χ0n) is 16.4. The van der Waals surface area contributed by atoms with E-state index in [0.717, 1.165) is 18.9 Å². The molecule has 10 heteroatoms. The van der Waals surface area contributed by atoms with Gasteiger partial charge in [0, 0.05) is 12.6 Å². The zero-order valence-corrected chi connectivity index (χ0v) is 16.4. The first-order chi connectivity index (χ1) is 14.1. The number of fused-ring (bicyclic) bond motifs is 1. The summed E-state index contributed by atoms with van der Waals surface area (Å²) in [7, 11) is 0. The van der Waals surface area contributed by atoms with Crippen molar-refractivity contribution in [1.82, 2.24) is 14.5 Å². The Hall–Kier alpha value is -1.98. The number of imidazole rings is 1. The van der Waals surface area contributed by atoms with E-state index in [1.54, 1.807) is 10.6 Å². The summed E-state index contributed by atoms with van der Waals surface area (Å²) < 4.78 is 7.18. The van der Waals surface area contributed by atoms with E-state index in [4.69, 9.17) is 10.6 Å². The Kier molecular flexibility index (Phi) is 6.16. The minimum absolute atomic E-state index is 0.391. The topological polar surface area (TPSA) is 151 Å². The first kappa shape index (κ1) is 20.3. The van der Waals surface area contributed by atoms with Gasteiger partial charge in [0.15, 0.2) is 11.9 Å². The third kappa shape index (κ3) is 4.03. The maximum atomic E-state index is 10.4. The number of nitrogens with zero attached hydrogens (tertiary/aromatic N) is 3. The van der Waals surface area contributed by atoms with Crippen LogP contribution in [0.2, 0.25) is 0 Å². The molecule has 2 aromatic heterocycles. The second kappa shape index (κ2) is 8.80. The number of nitrogen functional groups attached to an aromatic ring is 1. The number of nitrogens with two attached hydrogens (primary N) is 1. The predicted molar refractivity (Wildman–Crippen MR) is 108 cm³/mol.